The molecule has 4 heterocycles. The third-order valence-corrected chi connectivity index (χ3v) is 6.19. The Morgan fingerprint density at radius 3 is 2.85 bits per heavy atom. The number of ether oxygens (including phenoxy) is 1. The second-order valence-corrected chi connectivity index (χ2v) is 8.02. The molecule has 5 nitrogen and oxygen atoms in total. The van der Waals surface area contributed by atoms with Crippen LogP contribution < -0.4 is 0 Å². The van der Waals surface area contributed by atoms with Gasteiger partial charge in [0.05, 0.1) is 25.2 Å². The van der Waals surface area contributed by atoms with Crippen LogP contribution in [-0.2, 0) is 4.74 Å². The molecule has 3 aliphatic heterocycles. The van der Waals surface area contributed by atoms with Crippen molar-refractivity contribution < 1.29 is 9.53 Å². The molecule has 0 N–H and O–H groups in total. The lowest BCUT2D eigenvalue weighted by molar-refractivity contribution is -0.0950. The van der Waals surface area contributed by atoms with E-state index in [9.17, 15) is 4.79 Å². The number of carbonyl (C=O) groups excluding carboxylic acids is 1. The molecule has 0 radical (unpaired) electrons. The highest BCUT2D eigenvalue weighted by atomic mass is 16.5. The molecule has 0 saturated carbocycles. The smallest absolute Gasteiger partial charge is 0.254 e. The van der Waals surface area contributed by atoms with Crippen molar-refractivity contribution in [1.29, 1.82) is 0 Å². The van der Waals surface area contributed by atoms with Crippen LogP contribution in [0.3, 0.4) is 0 Å². The Balaban J connectivity index is 1.24. The van der Waals surface area contributed by atoms with E-state index in [1.807, 2.05) is 35.2 Å². The number of hydrogen-bond acceptors (Lipinski definition) is 4. The molecule has 2 aromatic rings. The SMILES string of the molecule is O=C(c1ccc2ncccc2c1)N1CC2(CC(N3CCCCC3)CO2)C1. The van der Waals surface area contributed by atoms with Crippen molar-refractivity contribution in [2.75, 3.05) is 32.8 Å². The van der Waals surface area contributed by atoms with Crippen molar-refractivity contribution in [2.24, 2.45) is 0 Å². The third-order valence-electron chi connectivity index (χ3n) is 6.19. The number of hydrogen-bond donors (Lipinski definition) is 0. The van der Waals surface area contributed by atoms with Crippen molar-refractivity contribution in [2.45, 2.75) is 37.3 Å². The molecule has 1 spiro atoms. The van der Waals surface area contributed by atoms with E-state index >= 15 is 0 Å². The van der Waals surface area contributed by atoms with Gasteiger partial charge in [0, 0.05) is 23.2 Å². The van der Waals surface area contributed by atoms with Crippen molar-refractivity contribution in [3.8, 4) is 0 Å². The second-order valence-electron chi connectivity index (χ2n) is 8.02. The van der Waals surface area contributed by atoms with Crippen LogP contribution in [0.5, 0.6) is 0 Å². The molecule has 1 aromatic carbocycles. The van der Waals surface area contributed by atoms with Gasteiger partial charge in [0.1, 0.15) is 5.60 Å². The van der Waals surface area contributed by atoms with Gasteiger partial charge in [-0.15, -0.1) is 0 Å². The molecule has 0 bridgehead atoms. The van der Waals surface area contributed by atoms with Gasteiger partial charge in [0.25, 0.3) is 5.91 Å². The minimum absolute atomic E-state index is 0.101. The zero-order valence-corrected chi connectivity index (χ0v) is 15.1. The second kappa shape index (κ2) is 6.32. The van der Waals surface area contributed by atoms with Crippen LogP contribution in [0.15, 0.2) is 36.5 Å². The van der Waals surface area contributed by atoms with Crippen LogP contribution >= 0.6 is 0 Å². The van der Waals surface area contributed by atoms with Crippen LogP contribution in [-0.4, -0.2) is 65.1 Å². The molecule has 3 fully saturated rings. The molecule has 1 aromatic heterocycles. The zero-order valence-electron chi connectivity index (χ0n) is 15.1. The molecule has 5 heteroatoms. The van der Waals surface area contributed by atoms with Gasteiger partial charge in [-0.3, -0.25) is 14.7 Å². The molecule has 0 aliphatic carbocycles. The lowest BCUT2D eigenvalue weighted by Crippen LogP contribution is -2.63. The van der Waals surface area contributed by atoms with Gasteiger partial charge in [-0.05, 0) is 56.6 Å². The quantitative estimate of drug-likeness (QED) is 0.835. The summed E-state index contributed by atoms with van der Waals surface area (Å²) in [4.78, 5) is 21.7. The topological polar surface area (TPSA) is 45.7 Å². The van der Waals surface area contributed by atoms with Crippen molar-refractivity contribution in [3.63, 3.8) is 0 Å². The number of rotatable bonds is 2. The molecule has 136 valence electrons. The highest BCUT2D eigenvalue weighted by Crippen LogP contribution is 2.38. The summed E-state index contributed by atoms with van der Waals surface area (Å²) in [6, 6.07) is 10.2. The van der Waals surface area contributed by atoms with Gasteiger partial charge >= 0.3 is 0 Å². The third kappa shape index (κ3) is 2.79. The maximum atomic E-state index is 12.8. The molecule has 1 amide bonds. The minimum atomic E-state index is -0.101. The first-order valence-corrected chi connectivity index (χ1v) is 9.75. The van der Waals surface area contributed by atoms with Gasteiger partial charge in [0.2, 0.25) is 0 Å². The van der Waals surface area contributed by atoms with E-state index in [0.717, 1.165) is 42.6 Å². The van der Waals surface area contributed by atoms with Gasteiger partial charge in [-0.25, -0.2) is 0 Å². The molecule has 1 unspecified atom stereocenters. The number of pyridine rings is 1. The van der Waals surface area contributed by atoms with E-state index in [1.165, 1.54) is 32.4 Å². The summed E-state index contributed by atoms with van der Waals surface area (Å²) >= 11 is 0. The standard InChI is InChI=1S/C21H25N3O2/c25-20(17-6-7-19-16(11-17)5-4-8-22-19)24-14-21(15-24)12-18(13-26-21)23-9-2-1-3-10-23/h4-8,11,18H,1-3,9-10,12-15H2. The Bertz CT molecular complexity index is 825. The van der Waals surface area contributed by atoms with Crippen LogP contribution in [0, 0.1) is 0 Å². The molecule has 5 rings (SSSR count). The summed E-state index contributed by atoms with van der Waals surface area (Å²) in [6.45, 7) is 4.68. The molecule has 1 atom stereocenters. The summed E-state index contributed by atoms with van der Waals surface area (Å²) in [5, 5.41) is 1.01. The van der Waals surface area contributed by atoms with E-state index < -0.39 is 0 Å². The lowest BCUT2D eigenvalue weighted by atomic mass is 9.88. The van der Waals surface area contributed by atoms with Crippen molar-refractivity contribution >= 4 is 16.8 Å². The number of carbonyl (C=O) groups is 1. The van der Waals surface area contributed by atoms with E-state index in [-0.39, 0.29) is 11.5 Å². The van der Waals surface area contributed by atoms with E-state index in [0.29, 0.717) is 6.04 Å². The largest absolute Gasteiger partial charge is 0.370 e. The zero-order chi connectivity index (χ0) is 17.6. The number of amides is 1. The van der Waals surface area contributed by atoms with Gasteiger partial charge in [0.15, 0.2) is 0 Å². The maximum absolute atomic E-state index is 12.8. The normalized spacial score (nSPS) is 25.5. The minimum Gasteiger partial charge on any atom is -0.370 e. The highest BCUT2D eigenvalue weighted by Gasteiger charge is 2.52. The average molecular weight is 351 g/mol. The maximum Gasteiger partial charge on any atom is 0.254 e. The highest BCUT2D eigenvalue weighted by molar-refractivity contribution is 5.98. The fourth-order valence-electron chi connectivity index (χ4n) is 4.74. The average Bonchev–Trinajstić information content (AvgIpc) is 3.12. The van der Waals surface area contributed by atoms with E-state index in [2.05, 4.69) is 9.88 Å². The summed E-state index contributed by atoms with van der Waals surface area (Å²) in [7, 11) is 0. The number of benzene rings is 1. The fourth-order valence-corrected chi connectivity index (χ4v) is 4.74. The Labute approximate surface area is 153 Å². The van der Waals surface area contributed by atoms with Crippen LogP contribution in [0.1, 0.15) is 36.0 Å². The first-order valence-electron chi connectivity index (χ1n) is 9.75. The van der Waals surface area contributed by atoms with Crippen LogP contribution in [0.4, 0.5) is 0 Å². The molecule has 3 aliphatic rings. The number of fused-ring (bicyclic) bond motifs is 1. The summed E-state index contributed by atoms with van der Waals surface area (Å²) in [5.74, 6) is 0.103. The predicted molar refractivity (Wildman–Crippen MR) is 100 cm³/mol. The Kier molecular flexibility index (Phi) is 3.94. The Hall–Kier alpha value is -1.98. The van der Waals surface area contributed by atoms with Gasteiger partial charge < -0.3 is 9.64 Å². The first kappa shape index (κ1) is 16.2. The monoisotopic (exact) mass is 351 g/mol. The van der Waals surface area contributed by atoms with E-state index in [4.69, 9.17) is 4.74 Å². The first-order chi connectivity index (χ1) is 12.7. The number of aromatic nitrogens is 1. The summed E-state index contributed by atoms with van der Waals surface area (Å²) < 4.78 is 6.18. The fraction of sp³-hybridized carbons (Fsp3) is 0.524. The van der Waals surface area contributed by atoms with Crippen molar-refractivity contribution in [3.05, 3.63) is 42.1 Å². The number of piperidine rings is 1. The summed E-state index contributed by atoms with van der Waals surface area (Å²) in [6.07, 6.45) is 6.83. The van der Waals surface area contributed by atoms with Crippen LogP contribution in [0.25, 0.3) is 10.9 Å². The van der Waals surface area contributed by atoms with Gasteiger partial charge in [-0.2, -0.15) is 0 Å². The van der Waals surface area contributed by atoms with Gasteiger partial charge in [-0.1, -0.05) is 12.5 Å². The summed E-state index contributed by atoms with van der Waals surface area (Å²) in [5.41, 5.74) is 1.56. The number of nitrogens with zero attached hydrogens (tertiary/aromatic N) is 3. The van der Waals surface area contributed by atoms with Crippen LogP contribution in [0.2, 0.25) is 0 Å². The van der Waals surface area contributed by atoms with E-state index in [1.54, 1.807) is 6.20 Å². The Morgan fingerprint density at radius 1 is 1.15 bits per heavy atom. The molecule has 3 saturated heterocycles. The number of likely N-dealkylation sites (tertiary alicyclic amines) is 2. The predicted octanol–water partition coefficient (Wildman–Crippen LogP) is 2.70. The molecule has 26 heavy (non-hydrogen) atoms. The molecular formula is C21H25N3O2. The van der Waals surface area contributed by atoms with Crippen molar-refractivity contribution in [1.82, 2.24) is 14.8 Å². The lowest BCUT2D eigenvalue weighted by Gasteiger charge is -2.47. The molecular weight excluding hydrogens is 326 g/mol. The Morgan fingerprint density at radius 2 is 2.00 bits per heavy atom.